The van der Waals surface area contributed by atoms with Gasteiger partial charge in [-0.15, -0.1) is 18.2 Å². The summed E-state index contributed by atoms with van der Waals surface area (Å²) in [4.78, 5) is 18.2. The van der Waals surface area contributed by atoms with E-state index in [2.05, 4.69) is 10.9 Å². The number of thioether (sulfide) groups is 1. The number of terminal acetylenes is 1. The molecule has 2 aromatic carbocycles. The van der Waals surface area contributed by atoms with E-state index in [0.717, 1.165) is 9.60 Å². The maximum atomic E-state index is 12.3. The van der Waals surface area contributed by atoms with Crippen LogP contribution in [0.15, 0.2) is 52.4 Å². The van der Waals surface area contributed by atoms with Crippen molar-refractivity contribution >= 4 is 62.4 Å². The Hall–Kier alpha value is -1.71. The fourth-order valence-electron chi connectivity index (χ4n) is 2.36. The summed E-state index contributed by atoms with van der Waals surface area (Å²) >= 11 is 15.4. The molecule has 3 aromatic rings. The van der Waals surface area contributed by atoms with Crippen molar-refractivity contribution < 1.29 is 4.79 Å². The van der Waals surface area contributed by atoms with Crippen molar-refractivity contribution in [2.45, 2.75) is 17.9 Å². The number of carbonyl (C=O) groups is 1. The second-order valence-electron chi connectivity index (χ2n) is 5.30. The number of nitrogens with zero attached hydrogens (tertiary/aromatic N) is 2. The molecule has 3 rings (SSSR count). The molecule has 0 spiro atoms. The summed E-state index contributed by atoms with van der Waals surface area (Å²) in [6, 6.07) is 13.5. The molecule has 0 fully saturated rings. The van der Waals surface area contributed by atoms with E-state index in [9.17, 15) is 4.79 Å². The lowest BCUT2D eigenvalue weighted by Crippen LogP contribution is -2.16. The van der Waals surface area contributed by atoms with Gasteiger partial charge >= 0.3 is 0 Å². The lowest BCUT2D eigenvalue weighted by Gasteiger charge is -2.03. The lowest BCUT2D eigenvalue weighted by molar-refractivity contribution is -0.117. The lowest BCUT2D eigenvalue weighted by atomic mass is 10.3. The Bertz CT molecular complexity index is 1050. The molecule has 0 unspecified atom stereocenters. The van der Waals surface area contributed by atoms with Crippen molar-refractivity contribution in [3.63, 3.8) is 0 Å². The first-order valence-electron chi connectivity index (χ1n) is 7.76. The molecule has 132 valence electrons. The van der Waals surface area contributed by atoms with Crippen LogP contribution in [0.25, 0.3) is 10.2 Å². The van der Waals surface area contributed by atoms with Crippen LogP contribution < -0.4 is 4.80 Å². The minimum absolute atomic E-state index is 0.187. The fraction of sp³-hybridized carbons (Fsp3) is 0.158. The summed E-state index contributed by atoms with van der Waals surface area (Å²) in [6.45, 7) is 0.269. The maximum absolute atomic E-state index is 12.3. The third kappa shape index (κ3) is 4.33. The van der Waals surface area contributed by atoms with E-state index in [0.29, 0.717) is 32.5 Å². The van der Waals surface area contributed by atoms with Crippen molar-refractivity contribution in [1.29, 1.82) is 0 Å². The molecular formula is C19H14Cl2N2OS2. The number of hydrogen-bond acceptors (Lipinski definition) is 3. The molecule has 1 amide bonds. The third-order valence-electron chi connectivity index (χ3n) is 3.53. The Balaban J connectivity index is 1.84. The number of thiazole rings is 1. The molecule has 0 atom stereocenters. The SMILES string of the molecule is C#CCn1c(=NC(=O)CCSc2ccccc2)sc2ccc(Cl)c(Cl)c21. The van der Waals surface area contributed by atoms with Crippen LogP contribution in [0, 0.1) is 12.3 Å². The van der Waals surface area contributed by atoms with Gasteiger partial charge in [-0.05, 0) is 24.3 Å². The van der Waals surface area contributed by atoms with Crippen LogP contribution in [0.3, 0.4) is 0 Å². The van der Waals surface area contributed by atoms with Crippen molar-refractivity contribution in [1.82, 2.24) is 4.57 Å². The van der Waals surface area contributed by atoms with Gasteiger partial charge in [0, 0.05) is 17.1 Å². The Kier molecular flexibility index (Phi) is 6.44. The monoisotopic (exact) mass is 420 g/mol. The van der Waals surface area contributed by atoms with Crippen LogP contribution in [-0.4, -0.2) is 16.2 Å². The quantitative estimate of drug-likeness (QED) is 0.417. The van der Waals surface area contributed by atoms with Gasteiger partial charge in [-0.25, -0.2) is 0 Å². The summed E-state index contributed by atoms with van der Waals surface area (Å²) < 4.78 is 2.65. The van der Waals surface area contributed by atoms with E-state index in [1.165, 1.54) is 11.3 Å². The van der Waals surface area contributed by atoms with Gasteiger partial charge in [0.25, 0.3) is 0 Å². The normalized spacial score (nSPS) is 11.7. The molecule has 0 radical (unpaired) electrons. The van der Waals surface area contributed by atoms with Crippen molar-refractivity contribution in [3.8, 4) is 12.3 Å². The highest BCUT2D eigenvalue weighted by Crippen LogP contribution is 2.32. The zero-order chi connectivity index (χ0) is 18.5. The van der Waals surface area contributed by atoms with E-state index in [-0.39, 0.29) is 12.5 Å². The molecular weight excluding hydrogens is 407 g/mol. The zero-order valence-corrected chi connectivity index (χ0v) is 16.8. The van der Waals surface area contributed by atoms with Crippen LogP contribution in [0.4, 0.5) is 0 Å². The average molecular weight is 421 g/mol. The molecule has 1 heterocycles. The van der Waals surface area contributed by atoms with Gasteiger partial charge in [-0.1, -0.05) is 58.7 Å². The minimum atomic E-state index is -0.187. The summed E-state index contributed by atoms with van der Waals surface area (Å²) in [5.74, 6) is 3.06. The van der Waals surface area contributed by atoms with E-state index in [1.54, 1.807) is 22.4 Å². The largest absolute Gasteiger partial charge is 0.303 e. The average Bonchev–Trinajstić information content (AvgIpc) is 2.97. The Morgan fingerprint density at radius 3 is 2.73 bits per heavy atom. The first-order valence-corrected chi connectivity index (χ1v) is 10.3. The number of halogens is 2. The van der Waals surface area contributed by atoms with Gasteiger partial charge in [0.05, 0.1) is 26.8 Å². The number of aromatic nitrogens is 1. The molecule has 0 saturated carbocycles. The predicted octanol–water partition coefficient (Wildman–Crippen LogP) is 5.25. The van der Waals surface area contributed by atoms with Crippen molar-refractivity contribution in [2.24, 2.45) is 4.99 Å². The second kappa shape index (κ2) is 8.79. The van der Waals surface area contributed by atoms with Crippen LogP contribution in [-0.2, 0) is 11.3 Å². The van der Waals surface area contributed by atoms with Gasteiger partial charge < -0.3 is 4.57 Å². The maximum Gasteiger partial charge on any atom is 0.249 e. The molecule has 3 nitrogen and oxygen atoms in total. The summed E-state index contributed by atoms with van der Waals surface area (Å²) in [5, 5.41) is 0.865. The van der Waals surface area contributed by atoms with Crippen LogP contribution in [0.2, 0.25) is 10.0 Å². The molecule has 0 aliphatic rings. The number of amides is 1. The van der Waals surface area contributed by atoms with Crippen LogP contribution in [0.5, 0.6) is 0 Å². The second-order valence-corrected chi connectivity index (χ2v) is 8.26. The molecule has 0 bridgehead atoms. The molecule has 1 aromatic heterocycles. The molecule has 0 aliphatic carbocycles. The minimum Gasteiger partial charge on any atom is -0.303 e. The standard InChI is InChI=1S/C19H14Cl2N2OS2/c1-2-11-23-18-15(9-8-14(20)17(18)21)26-19(23)22-16(24)10-12-25-13-6-4-3-5-7-13/h1,3-9H,10-12H2. The Morgan fingerprint density at radius 2 is 2.00 bits per heavy atom. The number of carbonyl (C=O) groups excluding carboxylic acids is 1. The van der Waals surface area contributed by atoms with Gasteiger partial charge in [0.15, 0.2) is 4.80 Å². The topological polar surface area (TPSA) is 34.4 Å². The highest BCUT2D eigenvalue weighted by Gasteiger charge is 2.13. The van der Waals surface area contributed by atoms with Gasteiger partial charge in [0.2, 0.25) is 5.91 Å². The van der Waals surface area contributed by atoms with E-state index >= 15 is 0 Å². The smallest absolute Gasteiger partial charge is 0.249 e. The number of benzene rings is 2. The number of rotatable bonds is 5. The zero-order valence-electron chi connectivity index (χ0n) is 13.6. The highest BCUT2D eigenvalue weighted by molar-refractivity contribution is 7.99. The highest BCUT2D eigenvalue weighted by atomic mass is 35.5. The van der Waals surface area contributed by atoms with Crippen LogP contribution >= 0.6 is 46.3 Å². The molecule has 26 heavy (non-hydrogen) atoms. The first kappa shape index (κ1) is 19.1. The van der Waals surface area contributed by atoms with Crippen LogP contribution in [0.1, 0.15) is 6.42 Å². The van der Waals surface area contributed by atoms with E-state index in [4.69, 9.17) is 29.6 Å². The summed E-state index contributed by atoms with van der Waals surface area (Å²) in [5.41, 5.74) is 0.715. The van der Waals surface area contributed by atoms with E-state index in [1.807, 2.05) is 36.4 Å². The molecule has 0 saturated heterocycles. The molecule has 0 aliphatic heterocycles. The van der Waals surface area contributed by atoms with Gasteiger partial charge in [0.1, 0.15) is 0 Å². The summed E-state index contributed by atoms with van der Waals surface area (Å²) in [7, 11) is 0. The van der Waals surface area contributed by atoms with Crippen molar-refractivity contribution in [2.75, 3.05) is 5.75 Å². The molecule has 7 heteroatoms. The van der Waals surface area contributed by atoms with Gasteiger partial charge in [-0.2, -0.15) is 4.99 Å². The predicted molar refractivity (Wildman–Crippen MR) is 111 cm³/mol. The Labute approximate surface area is 169 Å². The summed E-state index contributed by atoms with van der Waals surface area (Å²) in [6.07, 6.45) is 5.82. The van der Waals surface area contributed by atoms with E-state index < -0.39 is 0 Å². The van der Waals surface area contributed by atoms with Gasteiger partial charge in [-0.3, -0.25) is 4.79 Å². The third-order valence-corrected chi connectivity index (χ3v) is 6.38. The number of fused-ring (bicyclic) bond motifs is 1. The number of hydrogen-bond donors (Lipinski definition) is 0. The fourth-order valence-corrected chi connectivity index (χ4v) is 4.75. The molecule has 0 N–H and O–H groups in total. The Morgan fingerprint density at radius 1 is 1.23 bits per heavy atom. The first-order chi connectivity index (χ1) is 12.6. The van der Waals surface area contributed by atoms with Crippen molar-refractivity contribution in [3.05, 3.63) is 57.3 Å².